The molecule has 0 saturated carbocycles. The third-order valence-corrected chi connectivity index (χ3v) is 5.41. The molecule has 0 aliphatic carbocycles. The number of rotatable bonds is 3. The second-order valence-corrected chi connectivity index (χ2v) is 7.98. The van der Waals surface area contributed by atoms with Crippen molar-refractivity contribution in [3.63, 3.8) is 0 Å². The van der Waals surface area contributed by atoms with Crippen LogP contribution in [0.1, 0.15) is 15.9 Å². The highest BCUT2D eigenvalue weighted by atomic mass is 32.2. The number of nitrogens with zero attached hydrogens (tertiary/aromatic N) is 3. The number of ketones is 1. The zero-order valence-corrected chi connectivity index (χ0v) is 15.8. The van der Waals surface area contributed by atoms with Gasteiger partial charge in [-0.2, -0.15) is 4.98 Å². The fourth-order valence-corrected chi connectivity index (χ4v) is 3.70. The normalized spacial score (nSPS) is 13.5. The summed E-state index contributed by atoms with van der Waals surface area (Å²) in [4.78, 5) is 23.2. The summed E-state index contributed by atoms with van der Waals surface area (Å²) in [5.74, 6) is 0.897. The molecule has 142 valence electrons. The van der Waals surface area contributed by atoms with Gasteiger partial charge in [-0.25, -0.2) is 18.5 Å². The van der Waals surface area contributed by atoms with Crippen LogP contribution < -0.4 is 15.4 Å². The molecule has 0 unspecified atom stereocenters. The predicted octanol–water partition coefficient (Wildman–Crippen LogP) is 2.37. The number of nitrogens with one attached hydrogen (secondary N) is 1. The van der Waals surface area contributed by atoms with Crippen molar-refractivity contribution in [1.29, 1.82) is 0 Å². The first-order valence-electron chi connectivity index (χ1n) is 8.45. The van der Waals surface area contributed by atoms with Gasteiger partial charge in [0.05, 0.1) is 10.6 Å². The fourth-order valence-electron chi connectivity index (χ4n) is 3.14. The van der Waals surface area contributed by atoms with Gasteiger partial charge in [-0.05, 0) is 30.3 Å². The fraction of sp³-hybridized carbons (Fsp3) is 0.105. The van der Waals surface area contributed by atoms with Crippen molar-refractivity contribution in [2.45, 2.75) is 11.3 Å². The first-order chi connectivity index (χ1) is 13.3. The van der Waals surface area contributed by atoms with Crippen LogP contribution in [0.5, 0.6) is 0 Å². The number of carbonyl (C=O) groups excluding carboxylic acids is 1. The molecule has 0 fully saturated rings. The van der Waals surface area contributed by atoms with Crippen LogP contribution in [0.2, 0.25) is 0 Å². The van der Waals surface area contributed by atoms with E-state index in [1.54, 1.807) is 24.4 Å². The number of Topliss-reactive ketones (excluding diaryl/α,β-unsaturated/α-hetero) is 1. The molecule has 1 aromatic heterocycles. The monoisotopic (exact) mass is 395 g/mol. The summed E-state index contributed by atoms with van der Waals surface area (Å²) in [5, 5.41) is 8.17. The summed E-state index contributed by atoms with van der Waals surface area (Å²) >= 11 is 0. The number of benzene rings is 2. The first kappa shape index (κ1) is 18.1. The Bertz CT molecular complexity index is 1190. The van der Waals surface area contributed by atoms with Crippen LogP contribution in [-0.2, 0) is 16.4 Å². The molecule has 28 heavy (non-hydrogen) atoms. The number of primary sulfonamides is 1. The topological polar surface area (TPSA) is 118 Å². The molecule has 3 aromatic rings. The lowest BCUT2D eigenvalue weighted by molar-refractivity contribution is 0.0994. The number of anilines is 4. The average Bonchev–Trinajstić information content (AvgIpc) is 2.77. The summed E-state index contributed by atoms with van der Waals surface area (Å²) in [6, 6.07) is 13.4. The van der Waals surface area contributed by atoms with Crippen molar-refractivity contribution in [3.8, 4) is 0 Å². The van der Waals surface area contributed by atoms with E-state index >= 15 is 0 Å². The van der Waals surface area contributed by atoms with E-state index in [0.717, 1.165) is 5.69 Å². The Morgan fingerprint density at radius 1 is 1.14 bits per heavy atom. The average molecular weight is 395 g/mol. The molecule has 9 heteroatoms. The lowest BCUT2D eigenvalue weighted by Crippen LogP contribution is -2.14. The van der Waals surface area contributed by atoms with Crippen molar-refractivity contribution in [1.82, 2.24) is 9.97 Å². The smallest absolute Gasteiger partial charge is 0.238 e. The van der Waals surface area contributed by atoms with E-state index in [2.05, 4.69) is 15.3 Å². The van der Waals surface area contributed by atoms with E-state index in [9.17, 15) is 13.2 Å². The second-order valence-electron chi connectivity index (χ2n) is 6.42. The molecule has 1 aliphatic rings. The van der Waals surface area contributed by atoms with Gasteiger partial charge in [0.2, 0.25) is 16.0 Å². The van der Waals surface area contributed by atoms with E-state index in [1.807, 2.05) is 30.1 Å². The van der Waals surface area contributed by atoms with Crippen LogP contribution in [0.3, 0.4) is 0 Å². The maximum atomic E-state index is 12.6. The Labute approximate surface area is 162 Å². The van der Waals surface area contributed by atoms with E-state index in [0.29, 0.717) is 22.6 Å². The van der Waals surface area contributed by atoms with Gasteiger partial charge in [-0.15, -0.1) is 0 Å². The lowest BCUT2D eigenvalue weighted by atomic mass is 10.1. The predicted molar refractivity (Wildman–Crippen MR) is 106 cm³/mol. The van der Waals surface area contributed by atoms with Gasteiger partial charge in [-0.1, -0.05) is 18.2 Å². The van der Waals surface area contributed by atoms with Crippen molar-refractivity contribution in [2.75, 3.05) is 17.3 Å². The number of aromatic nitrogens is 2. The number of nitrogens with two attached hydrogens (primary N) is 1. The van der Waals surface area contributed by atoms with Gasteiger partial charge in [0.1, 0.15) is 5.82 Å². The minimum Gasteiger partial charge on any atom is -0.328 e. The summed E-state index contributed by atoms with van der Waals surface area (Å²) in [6.07, 6.45) is 1.81. The van der Waals surface area contributed by atoms with Gasteiger partial charge in [-0.3, -0.25) is 4.79 Å². The number of hydrogen-bond donors (Lipinski definition) is 2. The first-order valence-corrected chi connectivity index (χ1v) is 9.99. The molecule has 0 atom stereocenters. The molecule has 0 amide bonds. The second kappa shape index (κ2) is 6.70. The van der Waals surface area contributed by atoms with Crippen molar-refractivity contribution in [3.05, 3.63) is 65.9 Å². The highest BCUT2D eigenvalue weighted by Crippen LogP contribution is 2.33. The number of hydrogen-bond acceptors (Lipinski definition) is 7. The Morgan fingerprint density at radius 2 is 1.93 bits per heavy atom. The largest absolute Gasteiger partial charge is 0.328 e. The molecule has 2 aromatic carbocycles. The van der Waals surface area contributed by atoms with E-state index in [4.69, 9.17) is 5.14 Å². The van der Waals surface area contributed by atoms with Crippen LogP contribution in [0, 0.1) is 0 Å². The quantitative estimate of drug-likeness (QED) is 0.699. The maximum absolute atomic E-state index is 12.6. The SMILES string of the molecule is CN1c2ccccc2C(=O)Cc2cnc(Nc3cccc(S(N)(=O)=O)c3)nc21. The van der Waals surface area contributed by atoms with Crippen molar-refractivity contribution < 1.29 is 13.2 Å². The number of carbonyl (C=O) groups is 1. The van der Waals surface area contributed by atoms with Crippen LogP contribution in [0.25, 0.3) is 0 Å². The Morgan fingerprint density at radius 3 is 2.71 bits per heavy atom. The third kappa shape index (κ3) is 3.32. The minimum atomic E-state index is -3.81. The maximum Gasteiger partial charge on any atom is 0.238 e. The number of para-hydroxylation sites is 1. The molecule has 1 aliphatic heterocycles. The minimum absolute atomic E-state index is 0.00589. The molecule has 4 rings (SSSR count). The molecule has 0 saturated heterocycles. The molecular weight excluding hydrogens is 378 g/mol. The van der Waals surface area contributed by atoms with Crippen LogP contribution in [0.15, 0.2) is 59.6 Å². The Kier molecular flexibility index (Phi) is 4.33. The molecule has 3 N–H and O–H groups in total. The highest BCUT2D eigenvalue weighted by Gasteiger charge is 2.24. The molecule has 8 nitrogen and oxygen atoms in total. The highest BCUT2D eigenvalue weighted by molar-refractivity contribution is 7.89. The van der Waals surface area contributed by atoms with Crippen molar-refractivity contribution in [2.24, 2.45) is 5.14 Å². The zero-order chi connectivity index (χ0) is 19.9. The van der Waals surface area contributed by atoms with E-state index in [1.165, 1.54) is 12.1 Å². The molecule has 0 bridgehead atoms. The van der Waals surface area contributed by atoms with Crippen LogP contribution in [-0.4, -0.2) is 31.2 Å². The van der Waals surface area contributed by atoms with Gasteiger partial charge in [0, 0.05) is 36.5 Å². The van der Waals surface area contributed by atoms with Crippen molar-refractivity contribution >= 4 is 38.9 Å². The molecule has 0 spiro atoms. The number of fused-ring (bicyclic) bond motifs is 2. The molecular formula is C19H17N5O3S. The van der Waals surface area contributed by atoms with E-state index < -0.39 is 10.0 Å². The summed E-state index contributed by atoms with van der Waals surface area (Å²) < 4.78 is 23.1. The summed E-state index contributed by atoms with van der Waals surface area (Å²) in [6.45, 7) is 0. The van der Waals surface area contributed by atoms with Crippen LogP contribution in [0.4, 0.5) is 23.1 Å². The summed E-state index contributed by atoms with van der Waals surface area (Å²) in [5.41, 5.74) is 2.61. The van der Waals surface area contributed by atoms with Gasteiger partial charge >= 0.3 is 0 Å². The number of sulfonamides is 1. The van der Waals surface area contributed by atoms with Gasteiger partial charge < -0.3 is 10.2 Å². The third-order valence-electron chi connectivity index (χ3n) is 4.49. The Balaban J connectivity index is 1.72. The standard InChI is InChI=1S/C19H17N5O3S/c1-24-16-8-3-2-7-15(16)17(25)9-12-11-21-19(23-18(12)24)22-13-5-4-6-14(10-13)28(20,26)27/h2-8,10-11H,9H2,1H3,(H2,20,26,27)(H,21,22,23). The molecule has 2 heterocycles. The van der Waals surface area contributed by atoms with Gasteiger partial charge in [0.25, 0.3) is 0 Å². The Hall–Kier alpha value is -3.30. The van der Waals surface area contributed by atoms with Crippen LogP contribution >= 0.6 is 0 Å². The zero-order valence-electron chi connectivity index (χ0n) is 15.0. The van der Waals surface area contributed by atoms with Gasteiger partial charge in [0.15, 0.2) is 5.78 Å². The summed E-state index contributed by atoms with van der Waals surface area (Å²) in [7, 11) is -1.97. The lowest BCUT2D eigenvalue weighted by Gasteiger charge is -2.20. The van der Waals surface area contributed by atoms with E-state index in [-0.39, 0.29) is 23.0 Å². The molecule has 0 radical (unpaired) electrons.